The number of carbonyl (C=O) groups is 1. The second-order valence-corrected chi connectivity index (χ2v) is 5.62. The molecule has 1 fully saturated rings. The number of ether oxygens (including phenoxy) is 1. The van der Waals surface area contributed by atoms with Crippen LogP contribution in [0.3, 0.4) is 0 Å². The van der Waals surface area contributed by atoms with E-state index < -0.39 is 0 Å². The van der Waals surface area contributed by atoms with Crippen LogP contribution in [-0.4, -0.2) is 40.2 Å². The molecule has 1 aliphatic heterocycles. The van der Waals surface area contributed by atoms with Crippen LogP contribution < -0.4 is 5.32 Å². The van der Waals surface area contributed by atoms with Crippen LogP contribution in [-0.2, 0) is 4.74 Å². The Labute approximate surface area is 129 Å². The van der Waals surface area contributed by atoms with E-state index in [0.29, 0.717) is 12.2 Å². The summed E-state index contributed by atoms with van der Waals surface area (Å²) < 4.78 is 7.18. The number of aromatic nitrogens is 3. The third kappa shape index (κ3) is 3.01. The van der Waals surface area contributed by atoms with E-state index in [9.17, 15) is 4.79 Å². The summed E-state index contributed by atoms with van der Waals surface area (Å²) in [5, 5.41) is 11.0. The molecule has 0 saturated carbocycles. The summed E-state index contributed by atoms with van der Waals surface area (Å²) in [6, 6.07) is 7.94. The molecule has 1 atom stereocenters. The monoisotopic (exact) mass is 300 g/mol. The quantitative estimate of drug-likeness (QED) is 0.934. The molecular formula is C16H20N4O2. The van der Waals surface area contributed by atoms with Crippen molar-refractivity contribution in [2.45, 2.75) is 32.8 Å². The van der Waals surface area contributed by atoms with E-state index >= 15 is 0 Å². The van der Waals surface area contributed by atoms with Crippen LogP contribution in [0, 0.1) is 13.8 Å². The molecule has 0 spiro atoms. The summed E-state index contributed by atoms with van der Waals surface area (Å²) >= 11 is 0. The summed E-state index contributed by atoms with van der Waals surface area (Å²) in [5.74, 6) is -0.202. The highest BCUT2D eigenvalue weighted by Gasteiger charge is 2.20. The molecule has 116 valence electrons. The highest BCUT2D eigenvalue weighted by molar-refractivity contribution is 5.93. The molecular weight excluding hydrogens is 280 g/mol. The fraction of sp³-hybridized carbons (Fsp3) is 0.438. The van der Waals surface area contributed by atoms with Gasteiger partial charge in [-0.3, -0.25) is 4.79 Å². The van der Waals surface area contributed by atoms with Gasteiger partial charge in [-0.15, -0.1) is 5.10 Å². The molecule has 3 rings (SSSR count). The van der Waals surface area contributed by atoms with E-state index in [-0.39, 0.29) is 12.0 Å². The molecule has 6 heteroatoms. The van der Waals surface area contributed by atoms with Gasteiger partial charge >= 0.3 is 0 Å². The van der Waals surface area contributed by atoms with Gasteiger partial charge in [-0.05, 0) is 38.8 Å². The van der Waals surface area contributed by atoms with Crippen molar-refractivity contribution in [3.8, 4) is 5.69 Å². The third-order valence-corrected chi connectivity index (χ3v) is 3.90. The minimum Gasteiger partial charge on any atom is -0.376 e. The summed E-state index contributed by atoms with van der Waals surface area (Å²) in [7, 11) is 0. The molecule has 1 aromatic heterocycles. The fourth-order valence-corrected chi connectivity index (χ4v) is 2.57. The minimum absolute atomic E-state index is 0.122. The molecule has 2 aromatic rings. The second-order valence-electron chi connectivity index (χ2n) is 5.62. The lowest BCUT2D eigenvalue weighted by atomic mass is 10.2. The Morgan fingerprint density at radius 3 is 2.82 bits per heavy atom. The van der Waals surface area contributed by atoms with E-state index in [4.69, 9.17) is 4.74 Å². The van der Waals surface area contributed by atoms with E-state index in [1.807, 2.05) is 38.1 Å². The van der Waals surface area contributed by atoms with Gasteiger partial charge in [0.1, 0.15) is 0 Å². The van der Waals surface area contributed by atoms with Crippen molar-refractivity contribution in [1.82, 2.24) is 20.3 Å². The van der Waals surface area contributed by atoms with Crippen molar-refractivity contribution >= 4 is 5.91 Å². The lowest BCUT2D eigenvalue weighted by molar-refractivity contribution is 0.0853. The first-order valence-corrected chi connectivity index (χ1v) is 7.54. The number of hydrogen-bond donors (Lipinski definition) is 1. The molecule has 1 amide bonds. The van der Waals surface area contributed by atoms with Crippen molar-refractivity contribution in [3.63, 3.8) is 0 Å². The maximum Gasteiger partial charge on any atom is 0.273 e. The van der Waals surface area contributed by atoms with Gasteiger partial charge in [0.15, 0.2) is 5.69 Å². The van der Waals surface area contributed by atoms with Gasteiger partial charge in [0.25, 0.3) is 5.91 Å². The topological polar surface area (TPSA) is 69.0 Å². The number of rotatable bonds is 4. The van der Waals surface area contributed by atoms with Crippen LogP contribution in [0.2, 0.25) is 0 Å². The Balaban J connectivity index is 1.72. The molecule has 1 saturated heterocycles. The van der Waals surface area contributed by atoms with Crippen LogP contribution in [0.15, 0.2) is 24.3 Å². The molecule has 1 aliphatic rings. The Hall–Kier alpha value is -2.21. The van der Waals surface area contributed by atoms with Crippen molar-refractivity contribution in [1.29, 1.82) is 0 Å². The number of nitrogens with zero attached hydrogens (tertiary/aromatic N) is 3. The minimum atomic E-state index is -0.202. The van der Waals surface area contributed by atoms with E-state index in [1.165, 1.54) is 5.56 Å². The Morgan fingerprint density at radius 2 is 2.14 bits per heavy atom. The average Bonchev–Trinajstić information content (AvgIpc) is 3.15. The number of amides is 1. The highest BCUT2D eigenvalue weighted by atomic mass is 16.5. The highest BCUT2D eigenvalue weighted by Crippen LogP contribution is 2.14. The Kier molecular flexibility index (Phi) is 4.20. The van der Waals surface area contributed by atoms with Gasteiger partial charge < -0.3 is 10.1 Å². The maximum absolute atomic E-state index is 12.2. The van der Waals surface area contributed by atoms with Crippen molar-refractivity contribution < 1.29 is 9.53 Å². The predicted octanol–water partition coefficient (Wildman–Crippen LogP) is 1.79. The lowest BCUT2D eigenvalue weighted by Gasteiger charge is -2.10. The van der Waals surface area contributed by atoms with Crippen LogP contribution in [0.4, 0.5) is 0 Å². The maximum atomic E-state index is 12.2. The normalized spacial score (nSPS) is 17.6. The van der Waals surface area contributed by atoms with E-state index in [2.05, 4.69) is 15.6 Å². The van der Waals surface area contributed by atoms with Gasteiger partial charge in [0, 0.05) is 13.2 Å². The van der Waals surface area contributed by atoms with Crippen molar-refractivity contribution in [2.24, 2.45) is 0 Å². The van der Waals surface area contributed by atoms with Crippen LogP contribution in [0.25, 0.3) is 5.69 Å². The molecule has 1 aromatic carbocycles. The van der Waals surface area contributed by atoms with Gasteiger partial charge in [0.05, 0.1) is 17.5 Å². The molecule has 2 heterocycles. The van der Waals surface area contributed by atoms with E-state index in [0.717, 1.165) is 30.8 Å². The van der Waals surface area contributed by atoms with Crippen LogP contribution in [0.5, 0.6) is 0 Å². The zero-order valence-electron chi connectivity index (χ0n) is 12.9. The van der Waals surface area contributed by atoms with Crippen molar-refractivity contribution in [3.05, 3.63) is 41.2 Å². The molecule has 22 heavy (non-hydrogen) atoms. The zero-order valence-corrected chi connectivity index (χ0v) is 12.9. The van der Waals surface area contributed by atoms with Gasteiger partial charge in [-0.25, -0.2) is 4.68 Å². The Morgan fingerprint density at radius 1 is 1.36 bits per heavy atom. The standard InChI is InChI=1S/C16H20N4O2/c1-11-5-7-13(8-6-11)20-12(2)15(18-19-20)16(21)17-10-14-4-3-9-22-14/h5-8,14H,3-4,9-10H2,1-2H3,(H,17,21). The summed E-state index contributed by atoms with van der Waals surface area (Å²) in [6.45, 7) is 5.18. The molecule has 0 radical (unpaired) electrons. The second kappa shape index (κ2) is 6.27. The number of aryl methyl sites for hydroxylation is 1. The van der Waals surface area contributed by atoms with Crippen LogP contribution in [0.1, 0.15) is 34.6 Å². The lowest BCUT2D eigenvalue weighted by Crippen LogP contribution is -2.32. The molecule has 1 N–H and O–H groups in total. The first kappa shape index (κ1) is 14.7. The van der Waals surface area contributed by atoms with Gasteiger partial charge in [0.2, 0.25) is 0 Å². The first-order chi connectivity index (χ1) is 10.6. The Bertz CT molecular complexity index is 657. The third-order valence-electron chi connectivity index (χ3n) is 3.90. The van der Waals surface area contributed by atoms with Gasteiger partial charge in [-0.2, -0.15) is 0 Å². The first-order valence-electron chi connectivity index (χ1n) is 7.54. The van der Waals surface area contributed by atoms with Gasteiger partial charge in [-0.1, -0.05) is 22.9 Å². The number of hydrogen-bond acceptors (Lipinski definition) is 4. The smallest absolute Gasteiger partial charge is 0.273 e. The van der Waals surface area contributed by atoms with Crippen molar-refractivity contribution in [2.75, 3.05) is 13.2 Å². The largest absolute Gasteiger partial charge is 0.376 e. The summed E-state index contributed by atoms with van der Waals surface area (Å²) in [6.07, 6.45) is 2.18. The number of nitrogens with one attached hydrogen (secondary N) is 1. The number of benzene rings is 1. The molecule has 0 bridgehead atoms. The summed E-state index contributed by atoms with van der Waals surface area (Å²) in [4.78, 5) is 12.2. The predicted molar refractivity (Wildman–Crippen MR) is 82.1 cm³/mol. The fourth-order valence-electron chi connectivity index (χ4n) is 2.57. The molecule has 6 nitrogen and oxygen atoms in total. The average molecular weight is 300 g/mol. The summed E-state index contributed by atoms with van der Waals surface area (Å²) in [5.41, 5.74) is 3.16. The number of carbonyl (C=O) groups excluding carboxylic acids is 1. The zero-order chi connectivity index (χ0) is 15.5. The SMILES string of the molecule is Cc1ccc(-n2nnc(C(=O)NCC3CCCO3)c2C)cc1. The molecule has 0 aliphatic carbocycles. The molecule has 1 unspecified atom stereocenters. The van der Waals surface area contributed by atoms with Crippen LogP contribution >= 0.6 is 0 Å². The van der Waals surface area contributed by atoms with E-state index in [1.54, 1.807) is 4.68 Å².